The van der Waals surface area contributed by atoms with Gasteiger partial charge in [-0.25, -0.2) is 17.9 Å². The van der Waals surface area contributed by atoms with Crippen molar-refractivity contribution in [2.75, 3.05) is 0 Å². The number of ether oxygens (including phenoxy) is 2. The summed E-state index contributed by atoms with van der Waals surface area (Å²) >= 11 is 0. The van der Waals surface area contributed by atoms with Crippen LogP contribution in [0.15, 0.2) is 54.6 Å². The Labute approximate surface area is 272 Å². The van der Waals surface area contributed by atoms with Gasteiger partial charge in [0.05, 0.1) is 5.56 Å². The molecule has 0 heterocycles. The van der Waals surface area contributed by atoms with E-state index < -0.39 is 52.9 Å². The van der Waals surface area contributed by atoms with Crippen molar-refractivity contribution in [3.8, 4) is 16.9 Å². The summed E-state index contributed by atoms with van der Waals surface area (Å²) in [6, 6.07) is 9.85. The maximum atomic E-state index is 15.0. The largest absolute Gasteiger partial charge is 0.527 e. The lowest BCUT2D eigenvalue weighted by Crippen LogP contribution is -2.30. The third kappa shape index (κ3) is 8.47. The summed E-state index contributed by atoms with van der Waals surface area (Å²) in [6.45, 7) is 2.25. The maximum Gasteiger partial charge on any atom is 0.527 e. The van der Waals surface area contributed by atoms with Gasteiger partial charge in [0, 0.05) is 12.1 Å². The highest BCUT2D eigenvalue weighted by Crippen LogP contribution is 2.45. The van der Waals surface area contributed by atoms with E-state index in [1.165, 1.54) is 57.4 Å². The van der Waals surface area contributed by atoms with Crippen molar-refractivity contribution in [2.45, 2.75) is 95.6 Å². The molecule has 0 saturated heterocycles. The topological polar surface area (TPSA) is 18.5 Å². The summed E-state index contributed by atoms with van der Waals surface area (Å²) < 4.78 is 144. The number of hydrogen-bond acceptors (Lipinski definition) is 2. The molecule has 0 aromatic heterocycles. The van der Waals surface area contributed by atoms with E-state index in [1.807, 2.05) is 12.1 Å². The number of benzene rings is 3. The summed E-state index contributed by atoms with van der Waals surface area (Å²) in [4.78, 5) is 0. The zero-order valence-corrected chi connectivity index (χ0v) is 26.2. The van der Waals surface area contributed by atoms with Crippen molar-refractivity contribution in [1.29, 1.82) is 0 Å². The predicted octanol–water partition coefficient (Wildman–Crippen LogP) is 12.4. The molecule has 0 aliphatic heterocycles. The Morgan fingerprint density at radius 3 is 1.69 bits per heavy atom. The molecular formula is C36H36F10O2. The summed E-state index contributed by atoms with van der Waals surface area (Å²) in [5.41, 5.74) is -1.80. The van der Waals surface area contributed by atoms with Crippen LogP contribution in [0.5, 0.6) is 5.75 Å². The fourth-order valence-corrected chi connectivity index (χ4v) is 7.45. The molecule has 0 spiro atoms. The number of alkyl halides is 7. The summed E-state index contributed by atoms with van der Waals surface area (Å²) in [5, 5.41) is 0. The Hall–Kier alpha value is -3.28. The molecular weight excluding hydrogens is 654 g/mol. The zero-order chi connectivity index (χ0) is 34.9. The molecule has 2 saturated carbocycles. The minimum Gasteiger partial charge on any atom is -0.429 e. The Kier molecular flexibility index (Phi) is 10.7. The minimum absolute atomic E-state index is 0.182. The predicted molar refractivity (Wildman–Crippen MR) is 159 cm³/mol. The molecule has 2 nitrogen and oxygen atoms in total. The van der Waals surface area contributed by atoms with E-state index in [1.54, 1.807) is 12.1 Å². The van der Waals surface area contributed by atoms with Gasteiger partial charge in [-0.3, -0.25) is 0 Å². The fraction of sp³-hybridized carbons (Fsp3) is 0.500. The third-order valence-corrected chi connectivity index (χ3v) is 9.82. The first kappa shape index (κ1) is 36.0. The van der Waals surface area contributed by atoms with Gasteiger partial charge in [-0.2, -0.15) is 17.6 Å². The van der Waals surface area contributed by atoms with Crippen LogP contribution in [0, 0.1) is 35.2 Å². The van der Waals surface area contributed by atoms with Crippen LogP contribution in [-0.4, -0.2) is 6.36 Å². The highest BCUT2D eigenvalue weighted by atomic mass is 19.4. The second kappa shape index (κ2) is 14.3. The van der Waals surface area contributed by atoms with Gasteiger partial charge in [-0.15, -0.1) is 13.2 Å². The molecule has 3 aromatic carbocycles. The third-order valence-electron chi connectivity index (χ3n) is 9.82. The van der Waals surface area contributed by atoms with Crippen LogP contribution in [0.2, 0.25) is 0 Å². The first-order chi connectivity index (χ1) is 22.6. The normalized spacial score (nSPS) is 22.5. The average molecular weight is 691 g/mol. The molecule has 0 unspecified atom stereocenters. The van der Waals surface area contributed by atoms with Gasteiger partial charge < -0.3 is 4.74 Å². The van der Waals surface area contributed by atoms with Crippen molar-refractivity contribution < 1.29 is 53.4 Å². The summed E-state index contributed by atoms with van der Waals surface area (Å²) in [5.74, 6) is -4.63. The van der Waals surface area contributed by atoms with Crippen LogP contribution in [-0.2, 0) is 17.0 Å². The van der Waals surface area contributed by atoms with Crippen molar-refractivity contribution in [2.24, 2.45) is 17.8 Å². The minimum atomic E-state index is -5.97. The van der Waals surface area contributed by atoms with Crippen molar-refractivity contribution in [3.63, 3.8) is 0 Å². The average Bonchev–Trinajstić information content (AvgIpc) is 3.00. The van der Waals surface area contributed by atoms with E-state index in [2.05, 4.69) is 16.4 Å². The number of halogens is 10. The Morgan fingerprint density at radius 1 is 0.625 bits per heavy atom. The van der Waals surface area contributed by atoms with Gasteiger partial charge >= 0.3 is 18.6 Å². The lowest BCUT2D eigenvalue weighted by atomic mass is 9.68. The van der Waals surface area contributed by atoms with Crippen LogP contribution in [0.25, 0.3) is 11.1 Å². The highest BCUT2D eigenvalue weighted by Gasteiger charge is 2.50. The lowest BCUT2D eigenvalue weighted by Gasteiger charge is -2.38. The van der Waals surface area contributed by atoms with Gasteiger partial charge in [0.2, 0.25) is 0 Å². The first-order valence-electron chi connectivity index (χ1n) is 16.2. The standard InChI is InChI=1S/C36H36F10O2/c1-2-3-21-4-6-22(7-5-21)23-8-10-24(11-9-23)25-12-14-26(15-13-25)27-16-17-29(30(37)18-27)34(40,41)47-28-19-31(38)33(32(39)20-28)35(42,43)48-36(44,45)46/h12-24H,2-11H2,1H3. The Bertz CT molecular complexity index is 1510. The molecule has 12 heteroatoms. The molecule has 0 N–H and O–H groups in total. The van der Waals surface area contributed by atoms with E-state index in [4.69, 9.17) is 0 Å². The molecule has 0 bridgehead atoms. The van der Waals surface area contributed by atoms with Crippen molar-refractivity contribution >= 4 is 0 Å². The summed E-state index contributed by atoms with van der Waals surface area (Å²) in [7, 11) is 0. The van der Waals surface area contributed by atoms with E-state index in [9.17, 15) is 43.9 Å². The molecule has 0 amide bonds. The summed E-state index contributed by atoms with van der Waals surface area (Å²) in [6.07, 6.45) is -3.52. The fourth-order valence-electron chi connectivity index (χ4n) is 7.45. The van der Waals surface area contributed by atoms with Crippen LogP contribution in [0.1, 0.15) is 93.7 Å². The van der Waals surface area contributed by atoms with E-state index >= 15 is 0 Å². The second-order valence-corrected chi connectivity index (χ2v) is 12.9. The van der Waals surface area contributed by atoms with Gasteiger partial charge in [-0.05, 0) is 91.0 Å². The van der Waals surface area contributed by atoms with Crippen LogP contribution in [0.4, 0.5) is 43.9 Å². The first-order valence-corrected chi connectivity index (χ1v) is 16.2. The molecule has 2 fully saturated rings. The molecule has 262 valence electrons. The quantitative estimate of drug-likeness (QED) is 0.197. The van der Waals surface area contributed by atoms with Gasteiger partial charge in [0.1, 0.15) is 28.8 Å². The molecule has 48 heavy (non-hydrogen) atoms. The molecule has 2 aliphatic rings. The highest BCUT2D eigenvalue weighted by molar-refractivity contribution is 5.64. The van der Waals surface area contributed by atoms with Crippen molar-refractivity contribution in [3.05, 3.63) is 88.7 Å². The smallest absolute Gasteiger partial charge is 0.429 e. The number of rotatable bonds is 10. The van der Waals surface area contributed by atoms with Gasteiger partial charge in [0.25, 0.3) is 0 Å². The molecule has 3 aromatic rings. The monoisotopic (exact) mass is 690 g/mol. The van der Waals surface area contributed by atoms with Crippen LogP contribution >= 0.6 is 0 Å². The molecule has 5 rings (SSSR count). The number of hydrogen-bond donors (Lipinski definition) is 0. The lowest BCUT2D eigenvalue weighted by molar-refractivity contribution is -0.432. The van der Waals surface area contributed by atoms with Crippen molar-refractivity contribution in [1.82, 2.24) is 0 Å². The van der Waals surface area contributed by atoms with E-state index in [0.29, 0.717) is 17.5 Å². The maximum absolute atomic E-state index is 15.0. The van der Waals surface area contributed by atoms with Gasteiger partial charge in [-0.1, -0.05) is 62.9 Å². The van der Waals surface area contributed by atoms with E-state index in [0.717, 1.165) is 42.2 Å². The van der Waals surface area contributed by atoms with Crippen LogP contribution < -0.4 is 4.74 Å². The SMILES string of the molecule is CCCC1CCC(C2CCC(c3ccc(-c4ccc(C(F)(F)Oc5cc(F)c(C(F)(F)OC(F)(F)F)c(F)c5)c(F)c4)cc3)CC2)CC1. The van der Waals surface area contributed by atoms with E-state index in [-0.39, 0.29) is 17.7 Å². The molecule has 0 radical (unpaired) electrons. The van der Waals surface area contributed by atoms with Gasteiger partial charge in [0.15, 0.2) is 0 Å². The Balaban J connectivity index is 1.21. The molecule has 0 atom stereocenters. The second-order valence-electron chi connectivity index (χ2n) is 12.9. The molecule has 2 aliphatic carbocycles. The van der Waals surface area contributed by atoms with Crippen LogP contribution in [0.3, 0.4) is 0 Å². The zero-order valence-electron chi connectivity index (χ0n) is 26.2. The Morgan fingerprint density at radius 2 is 1.17 bits per heavy atom.